The summed E-state index contributed by atoms with van der Waals surface area (Å²) >= 11 is 6.07. The quantitative estimate of drug-likeness (QED) is 0.595. The van der Waals surface area contributed by atoms with E-state index in [0.717, 1.165) is 16.6 Å². The highest BCUT2D eigenvalue weighted by Crippen LogP contribution is 2.33. The zero-order chi connectivity index (χ0) is 16.1. The minimum Gasteiger partial charge on any atom is -0.458 e. The van der Waals surface area contributed by atoms with E-state index < -0.39 is 17.6 Å². The number of aromatic nitrogens is 1. The van der Waals surface area contributed by atoms with Crippen molar-refractivity contribution in [2.24, 2.45) is 0 Å². The first-order valence-electron chi connectivity index (χ1n) is 7.31. The minimum absolute atomic E-state index is 0.112. The molecule has 4 nitrogen and oxygen atoms in total. The van der Waals surface area contributed by atoms with E-state index in [2.05, 4.69) is 0 Å². The molecule has 0 N–H and O–H groups in total. The van der Waals surface area contributed by atoms with Crippen LogP contribution < -0.4 is 0 Å². The summed E-state index contributed by atoms with van der Waals surface area (Å²) in [6, 6.07) is 6.59. The van der Waals surface area contributed by atoms with Crippen molar-refractivity contribution >= 4 is 34.3 Å². The number of rotatable bonds is 1. The number of fused-ring (bicyclic) bond motifs is 3. The van der Waals surface area contributed by atoms with Gasteiger partial charge < -0.3 is 9.30 Å². The van der Waals surface area contributed by atoms with Crippen LogP contribution in [0.2, 0.25) is 5.02 Å². The van der Waals surface area contributed by atoms with Crippen LogP contribution in [0.5, 0.6) is 0 Å². The molecule has 0 aliphatic carbocycles. The van der Waals surface area contributed by atoms with Crippen molar-refractivity contribution in [1.82, 2.24) is 4.57 Å². The highest BCUT2D eigenvalue weighted by atomic mass is 35.5. The summed E-state index contributed by atoms with van der Waals surface area (Å²) in [7, 11) is 0. The molecular weight excluding hydrogens is 302 g/mol. The van der Waals surface area contributed by atoms with Crippen LogP contribution in [0.25, 0.3) is 10.9 Å². The molecule has 0 spiro atoms. The number of benzene rings is 1. The highest BCUT2D eigenvalue weighted by Gasteiger charge is 2.37. The van der Waals surface area contributed by atoms with Crippen LogP contribution >= 0.6 is 11.6 Å². The fourth-order valence-corrected chi connectivity index (χ4v) is 3.04. The van der Waals surface area contributed by atoms with Gasteiger partial charge in [-0.25, -0.2) is 4.79 Å². The number of halogens is 1. The molecule has 0 saturated carbocycles. The Balaban J connectivity index is 2.13. The number of esters is 1. The van der Waals surface area contributed by atoms with Crippen LogP contribution in [0.15, 0.2) is 24.3 Å². The Morgan fingerprint density at radius 1 is 1.27 bits per heavy atom. The van der Waals surface area contributed by atoms with E-state index in [1.54, 1.807) is 37.5 Å². The van der Waals surface area contributed by atoms with Crippen LogP contribution in [0.4, 0.5) is 0 Å². The van der Waals surface area contributed by atoms with E-state index in [1.165, 1.54) is 0 Å². The van der Waals surface area contributed by atoms with E-state index in [1.807, 2.05) is 12.1 Å². The van der Waals surface area contributed by atoms with Gasteiger partial charge in [0.2, 0.25) is 0 Å². The Hall–Kier alpha value is -1.81. The average Bonchev–Trinajstić information content (AvgIpc) is 2.74. The Morgan fingerprint density at radius 3 is 2.68 bits per heavy atom. The average molecular weight is 320 g/mol. The lowest BCUT2D eigenvalue weighted by Gasteiger charge is -2.28. The standard InChI is InChI=1S/C17H18ClNO3/c1-17(2,3)22-16(21)15-14(20)7-6-12-8-10-4-5-11(18)9-13(10)19(12)15/h4-5,8-9,15H,6-7H2,1-3H3/t15-/m0/s1. The third kappa shape index (κ3) is 2.63. The maximum Gasteiger partial charge on any atom is 0.337 e. The van der Waals surface area contributed by atoms with Gasteiger partial charge in [0.25, 0.3) is 0 Å². The van der Waals surface area contributed by atoms with E-state index in [0.29, 0.717) is 17.9 Å². The number of ether oxygens (including phenoxy) is 1. The van der Waals surface area contributed by atoms with Gasteiger partial charge in [-0.05, 0) is 50.8 Å². The number of nitrogens with zero attached hydrogens (tertiary/aromatic N) is 1. The predicted octanol–water partition coefficient (Wildman–Crippen LogP) is 3.69. The Bertz CT molecular complexity index is 770. The van der Waals surface area contributed by atoms with Gasteiger partial charge in [-0.15, -0.1) is 0 Å². The predicted molar refractivity (Wildman–Crippen MR) is 85.2 cm³/mol. The second-order valence-electron chi connectivity index (χ2n) is 6.61. The fraction of sp³-hybridized carbons (Fsp3) is 0.412. The van der Waals surface area contributed by atoms with Crippen molar-refractivity contribution in [2.45, 2.75) is 45.3 Å². The summed E-state index contributed by atoms with van der Waals surface area (Å²) in [4.78, 5) is 24.9. The van der Waals surface area contributed by atoms with Gasteiger partial charge in [0, 0.05) is 17.1 Å². The number of carbonyl (C=O) groups is 2. The molecule has 0 fully saturated rings. The van der Waals surface area contributed by atoms with Crippen LogP contribution in [0.3, 0.4) is 0 Å². The van der Waals surface area contributed by atoms with Crippen LogP contribution in [-0.2, 0) is 20.7 Å². The first kappa shape index (κ1) is 15.1. The lowest BCUT2D eigenvalue weighted by molar-refractivity contribution is -0.161. The third-order valence-electron chi connectivity index (χ3n) is 3.70. The van der Waals surface area contributed by atoms with E-state index in [-0.39, 0.29) is 5.78 Å². The molecule has 116 valence electrons. The maximum atomic E-state index is 12.5. The summed E-state index contributed by atoms with van der Waals surface area (Å²) in [5.41, 5.74) is 1.13. The van der Waals surface area contributed by atoms with Gasteiger partial charge in [0.05, 0.1) is 5.52 Å². The largest absolute Gasteiger partial charge is 0.458 e. The summed E-state index contributed by atoms with van der Waals surface area (Å²) in [5, 5.41) is 1.55. The lowest BCUT2D eigenvalue weighted by Crippen LogP contribution is -2.37. The van der Waals surface area contributed by atoms with Gasteiger partial charge in [-0.2, -0.15) is 0 Å². The van der Waals surface area contributed by atoms with Crippen molar-refractivity contribution in [3.63, 3.8) is 0 Å². The second kappa shape index (κ2) is 5.13. The summed E-state index contributed by atoms with van der Waals surface area (Å²) in [6.07, 6.45) is 0.985. The first-order chi connectivity index (χ1) is 10.3. The van der Waals surface area contributed by atoms with Gasteiger partial charge in [-0.1, -0.05) is 17.7 Å². The van der Waals surface area contributed by atoms with Gasteiger partial charge in [0.1, 0.15) is 5.60 Å². The number of aryl methyl sites for hydroxylation is 1. The van der Waals surface area contributed by atoms with E-state index >= 15 is 0 Å². The minimum atomic E-state index is -0.918. The number of ketones is 1. The normalized spacial score (nSPS) is 18.4. The third-order valence-corrected chi connectivity index (χ3v) is 3.94. The molecule has 1 aromatic carbocycles. The van der Waals surface area contributed by atoms with Crippen molar-refractivity contribution in [3.8, 4) is 0 Å². The zero-order valence-electron chi connectivity index (χ0n) is 12.9. The van der Waals surface area contributed by atoms with Crippen molar-refractivity contribution in [2.75, 3.05) is 0 Å². The number of Topliss-reactive ketones (excluding diaryl/α,β-unsaturated/α-hetero) is 1. The highest BCUT2D eigenvalue weighted by molar-refractivity contribution is 6.31. The molecule has 3 rings (SSSR count). The molecule has 1 aliphatic rings. The Labute approximate surface area is 134 Å². The molecule has 2 heterocycles. The fourth-order valence-electron chi connectivity index (χ4n) is 2.88. The van der Waals surface area contributed by atoms with Crippen molar-refractivity contribution < 1.29 is 14.3 Å². The maximum absolute atomic E-state index is 12.5. The van der Waals surface area contributed by atoms with Gasteiger partial charge in [0.15, 0.2) is 11.8 Å². The van der Waals surface area contributed by atoms with Crippen molar-refractivity contribution in [1.29, 1.82) is 0 Å². The molecule has 1 aromatic heterocycles. The van der Waals surface area contributed by atoms with Crippen molar-refractivity contribution in [3.05, 3.63) is 35.0 Å². The first-order valence-corrected chi connectivity index (χ1v) is 7.69. The van der Waals surface area contributed by atoms with E-state index in [4.69, 9.17) is 16.3 Å². The molecule has 1 aliphatic heterocycles. The van der Waals surface area contributed by atoms with Crippen LogP contribution in [-0.4, -0.2) is 21.9 Å². The topological polar surface area (TPSA) is 48.3 Å². The Morgan fingerprint density at radius 2 is 2.00 bits per heavy atom. The smallest absolute Gasteiger partial charge is 0.337 e. The van der Waals surface area contributed by atoms with E-state index in [9.17, 15) is 9.59 Å². The lowest BCUT2D eigenvalue weighted by atomic mass is 10.0. The molecule has 0 unspecified atom stereocenters. The van der Waals surface area contributed by atoms with Gasteiger partial charge >= 0.3 is 5.97 Å². The number of carbonyl (C=O) groups excluding carboxylic acids is 2. The molecule has 0 bridgehead atoms. The summed E-state index contributed by atoms with van der Waals surface area (Å²) < 4.78 is 7.22. The number of hydrogen-bond acceptors (Lipinski definition) is 3. The monoisotopic (exact) mass is 319 g/mol. The zero-order valence-corrected chi connectivity index (χ0v) is 13.6. The molecule has 2 aromatic rings. The summed E-state index contributed by atoms with van der Waals surface area (Å²) in [5.74, 6) is -0.616. The molecule has 5 heteroatoms. The molecule has 22 heavy (non-hydrogen) atoms. The second-order valence-corrected chi connectivity index (χ2v) is 7.05. The molecule has 1 atom stereocenters. The van der Waals surface area contributed by atoms with Crippen LogP contribution in [0.1, 0.15) is 38.9 Å². The molecule has 0 saturated heterocycles. The molecule has 0 radical (unpaired) electrons. The molecular formula is C17H18ClNO3. The van der Waals surface area contributed by atoms with Crippen LogP contribution in [0, 0.1) is 0 Å². The SMILES string of the molecule is CC(C)(C)OC(=O)[C@@H]1C(=O)CCc2cc3ccc(Cl)cc3n21. The van der Waals surface area contributed by atoms with Gasteiger partial charge in [-0.3, -0.25) is 4.79 Å². The Kier molecular flexibility index (Phi) is 3.52. The summed E-state index contributed by atoms with van der Waals surface area (Å²) in [6.45, 7) is 5.39. The molecule has 0 amide bonds. The number of hydrogen-bond donors (Lipinski definition) is 0.